The summed E-state index contributed by atoms with van der Waals surface area (Å²) in [6, 6.07) is 9.28. The van der Waals surface area contributed by atoms with E-state index in [4.69, 9.17) is 10.5 Å². The molecule has 1 aliphatic carbocycles. The topological polar surface area (TPSA) is 47.3 Å². The molecule has 0 atom stereocenters. The molecule has 0 spiro atoms. The molecule has 0 saturated heterocycles. The first kappa shape index (κ1) is 14.1. The Morgan fingerprint density at radius 1 is 1.21 bits per heavy atom. The van der Waals surface area contributed by atoms with E-state index in [9.17, 15) is 0 Å². The summed E-state index contributed by atoms with van der Waals surface area (Å²) in [5.74, 6) is 0.896. The lowest BCUT2D eigenvalue weighted by atomic mass is 9.92. The van der Waals surface area contributed by atoms with Crippen LogP contribution in [0.4, 0.5) is 0 Å². The van der Waals surface area contributed by atoms with Gasteiger partial charge in [-0.2, -0.15) is 0 Å². The van der Waals surface area contributed by atoms with Crippen LogP contribution in [0.1, 0.15) is 31.2 Å². The van der Waals surface area contributed by atoms with Crippen molar-refractivity contribution in [3.05, 3.63) is 42.5 Å². The third-order valence-electron chi connectivity index (χ3n) is 3.66. The summed E-state index contributed by atoms with van der Waals surface area (Å²) >= 11 is 0. The van der Waals surface area contributed by atoms with Crippen LogP contribution in [-0.2, 0) is 6.54 Å². The molecule has 104 valence electrons. The van der Waals surface area contributed by atoms with Crippen LogP contribution in [0.25, 0.3) is 0 Å². The van der Waals surface area contributed by atoms with Gasteiger partial charge in [0.1, 0.15) is 12.4 Å². The van der Waals surface area contributed by atoms with Gasteiger partial charge >= 0.3 is 0 Å². The molecule has 1 aliphatic rings. The van der Waals surface area contributed by atoms with E-state index in [2.05, 4.69) is 24.0 Å². The Labute approximate surface area is 115 Å². The molecular weight excluding hydrogens is 236 g/mol. The molecule has 0 radical (unpaired) electrons. The molecular formula is C16H24N2O. The molecule has 2 rings (SSSR count). The maximum Gasteiger partial charge on any atom is 0.119 e. The third-order valence-corrected chi connectivity index (χ3v) is 3.66. The van der Waals surface area contributed by atoms with Crippen LogP contribution in [0, 0.1) is 0 Å². The van der Waals surface area contributed by atoms with E-state index in [-0.39, 0.29) is 0 Å². The van der Waals surface area contributed by atoms with Gasteiger partial charge in [-0.1, -0.05) is 24.8 Å². The Morgan fingerprint density at radius 2 is 1.89 bits per heavy atom. The predicted octanol–water partition coefficient (Wildman–Crippen LogP) is 2.61. The summed E-state index contributed by atoms with van der Waals surface area (Å²) in [5.41, 5.74) is 7.20. The Balaban J connectivity index is 1.75. The number of hydrogen-bond acceptors (Lipinski definition) is 3. The first-order valence-corrected chi connectivity index (χ1v) is 7.09. The van der Waals surface area contributed by atoms with Crippen molar-refractivity contribution in [3.63, 3.8) is 0 Å². The Morgan fingerprint density at radius 3 is 2.53 bits per heavy atom. The largest absolute Gasteiger partial charge is 0.490 e. The summed E-state index contributed by atoms with van der Waals surface area (Å²) in [6.45, 7) is 5.11. The summed E-state index contributed by atoms with van der Waals surface area (Å²) in [6.07, 6.45) is 6.44. The minimum absolute atomic E-state index is 0.416. The average Bonchev–Trinajstić information content (AvgIpc) is 2.46. The molecule has 0 bridgehead atoms. The number of nitrogens with one attached hydrogen (secondary N) is 1. The fraction of sp³-hybridized carbons (Fsp3) is 0.500. The molecule has 0 heterocycles. The quantitative estimate of drug-likeness (QED) is 0.773. The highest BCUT2D eigenvalue weighted by molar-refractivity contribution is 5.27. The van der Waals surface area contributed by atoms with Gasteiger partial charge in [0.25, 0.3) is 0 Å². The first-order valence-electron chi connectivity index (χ1n) is 7.09. The zero-order valence-electron chi connectivity index (χ0n) is 11.5. The van der Waals surface area contributed by atoms with E-state index < -0.39 is 0 Å². The SMILES string of the molecule is C=CCOc1ccc(CNC2CCC(N)CC2)cc1. The Bertz CT molecular complexity index is 380. The van der Waals surface area contributed by atoms with Gasteiger partial charge in [0.05, 0.1) is 0 Å². The van der Waals surface area contributed by atoms with Gasteiger partial charge in [0.15, 0.2) is 0 Å². The highest BCUT2D eigenvalue weighted by Crippen LogP contribution is 2.18. The molecule has 1 fully saturated rings. The van der Waals surface area contributed by atoms with Gasteiger partial charge in [-0.05, 0) is 43.4 Å². The van der Waals surface area contributed by atoms with Crippen LogP contribution in [0.15, 0.2) is 36.9 Å². The van der Waals surface area contributed by atoms with E-state index in [1.807, 2.05) is 12.1 Å². The van der Waals surface area contributed by atoms with E-state index >= 15 is 0 Å². The number of benzene rings is 1. The maximum atomic E-state index is 5.91. The van der Waals surface area contributed by atoms with Crippen LogP contribution >= 0.6 is 0 Å². The molecule has 1 aromatic rings. The fourth-order valence-corrected chi connectivity index (χ4v) is 2.44. The number of hydrogen-bond donors (Lipinski definition) is 2. The molecule has 19 heavy (non-hydrogen) atoms. The second-order valence-electron chi connectivity index (χ2n) is 5.24. The van der Waals surface area contributed by atoms with E-state index in [1.165, 1.54) is 18.4 Å². The zero-order valence-corrected chi connectivity index (χ0v) is 11.5. The minimum atomic E-state index is 0.416. The zero-order chi connectivity index (χ0) is 13.5. The van der Waals surface area contributed by atoms with Crippen molar-refractivity contribution in [2.45, 2.75) is 44.3 Å². The molecule has 3 heteroatoms. The Kier molecular flexibility index (Phi) is 5.43. The van der Waals surface area contributed by atoms with Crippen molar-refractivity contribution in [1.82, 2.24) is 5.32 Å². The average molecular weight is 260 g/mol. The number of nitrogens with two attached hydrogens (primary N) is 1. The van der Waals surface area contributed by atoms with Gasteiger partial charge in [-0.3, -0.25) is 0 Å². The lowest BCUT2D eigenvalue weighted by Crippen LogP contribution is -2.36. The number of rotatable bonds is 6. The molecule has 0 amide bonds. The van der Waals surface area contributed by atoms with Crippen molar-refractivity contribution in [2.75, 3.05) is 6.61 Å². The van der Waals surface area contributed by atoms with Crippen molar-refractivity contribution >= 4 is 0 Å². The third kappa shape index (κ3) is 4.69. The van der Waals surface area contributed by atoms with Gasteiger partial charge in [-0.25, -0.2) is 0 Å². The molecule has 0 aliphatic heterocycles. The van der Waals surface area contributed by atoms with Crippen LogP contribution in [0.3, 0.4) is 0 Å². The van der Waals surface area contributed by atoms with Crippen molar-refractivity contribution in [3.8, 4) is 5.75 Å². The summed E-state index contributed by atoms with van der Waals surface area (Å²) in [4.78, 5) is 0. The van der Waals surface area contributed by atoms with Crippen molar-refractivity contribution < 1.29 is 4.74 Å². The van der Waals surface area contributed by atoms with Gasteiger partial charge in [0, 0.05) is 18.6 Å². The lowest BCUT2D eigenvalue weighted by molar-refractivity contribution is 0.341. The molecule has 0 aromatic heterocycles. The Hall–Kier alpha value is -1.32. The van der Waals surface area contributed by atoms with E-state index in [0.717, 1.165) is 25.1 Å². The maximum absolute atomic E-state index is 5.91. The molecule has 0 unspecified atom stereocenters. The van der Waals surface area contributed by atoms with E-state index in [0.29, 0.717) is 18.7 Å². The molecule has 3 N–H and O–H groups in total. The standard InChI is InChI=1S/C16H24N2O/c1-2-11-19-16-9-3-13(4-10-16)12-18-15-7-5-14(17)6-8-15/h2-4,9-10,14-15,18H,1,5-8,11-12,17H2. The van der Waals surface area contributed by atoms with E-state index in [1.54, 1.807) is 6.08 Å². The molecule has 1 saturated carbocycles. The van der Waals surface area contributed by atoms with Crippen LogP contribution in [0.5, 0.6) is 5.75 Å². The smallest absolute Gasteiger partial charge is 0.119 e. The van der Waals surface area contributed by atoms with Gasteiger partial charge < -0.3 is 15.8 Å². The molecule has 1 aromatic carbocycles. The highest BCUT2D eigenvalue weighted by Gasteiger charge is 2.17. The van der Waals surface area contributed by atoms with Gasteiger partial charge in [-0.15, -0.1) is 0 Å². The fourth-order valence-electron chi connectivity index (χ4n) is 2.44. The summed E-state index contributed by atoms with van der Waals surface area (Å²) in [7, 11) is 0. The first-order chi connectivity index (χ1) is 9.28. The second-order valence-corrected chi connectivity index (χ2v) is 5.24. The van der Waals surface area contributed by atoms with Gasteiger partial charge in [0.2, 0.25) is 0 Å². The monoisotopic (exact) mass is 260 g/mol. The molecule has 3 nitrogen and oxygen atoms in total. The van der Waals surface area contributed by atoms with Crippen molar-refractivity contribution in [2.24, 2.45) is 5.73 Å². The second kappa shape index (κ2) is 7.31. The number of ether oxygens (including phenoxy) is 1. The normalized spacial score (nSPS) is 23.0. The summed E-state index contributed by atoms with van der Waals surface area (Å²) < 4.78 is 5.46. The lowest BCUT2D eigenvalue weighted by Gasteiger charge is -2.27. The predicted molar refractivity (Wildman–Crippen MR) is 79.2 cm³/mol. The van der Waals surface area contributed by atoms with Crippen LogP contribution < -0.4 is 15.8 Å². The highest BCUT2D eigenvalue weighted by atomic mass is 16.5. The minimum Gasteiger partial charge on any atom is -0.490 e. The summed E-state index contributed by atoms with van der Waals surface area (Å²) in [5, 5.41) is 3.61. The van der Waals surface area contributed by atoms with Crippen molar-refractivity contribution in [1.29, 1.82) is 0 Å². The van der Waals surface area contributed by atoms with Crippen LogP contribution in [0.2, 0.25) is 0 Å². The van der Waals surface area contributed by atoms with Crippen LogP contribution in [-0.4, -0.2) is 18.7 Å².